The molecule has 3 aromatic rings. The minimum absolute atomic E-state index is 0.267. The number of fused-ring (bicyclic) bond motifs is 1. The number of H-pyrrole nitrogens is 1. The van der Waals surface area contributed by atoms with Gasteiger partial charge in [-0.25, -0.2) is 9.61 Å². The van der Waals surface area contributed by atoms with Crippen LogP contribution in [0, 0.1) is 3.57 Å². The first-order chi connectivity index (χ1) is 8.72. The van der Waals surface area contributed by atoms with E-state index in [1.807, 2.05) is 24.3 Å². The molecule has 7 heteroatoms. The molecule has 0 radical (unpaired) electrons. The van der Waals surface area contributed by atoms with Crippen molar-refractivity contribution in [1.29, 1.82) is 0 Å². The first-order valence-electron chi connectivity index (χ1n) is 5.18. The van der Waals surface area contributed by atoms with Crippen LogP contribution in [0.5, 0.6) is 0 Å². The number of halogens is 1. The Balaban J connectivity index is 2.01. The van der Waals surface area contributed by atoms with Crippen molar-refractivity contribution in [3.8, 4) is 0 Å². The highest BCUT2D eigenvalue weighted by atomic mass is 127. The van der Waals surface area contributed by atoms with E-state index in [2.05, 4.69) is 47.5 Å². The summed E-state index contributed by atoms with van der Waals surface area (Å²) in [4.78, 5) is 18.5. The van der Waals surface area contributed by atoms with E-state index < -0.39 is 0 Å². The van der Waals surface area contributed by atoms with E-state index in [0.29, 0.717) is 17.8 Å². The fourth-order valence-corrected chi connectivity index (χ4v) is 1.97. The quantitative estimate of drug-likeness (QED) is 0.705. The minimum Gasteiger partial charge on any atom is -0.299 e. The van der Waals surface area contributed by atoms with Crippen LogP contribution in [0.1, 0.15) is 11.3 Å². The molecule has 2 aromatic heterocycles. The van der Waals surface area contributed by atoms with Gasteiger partial charge in [0.15, 0.2) is 0 Å². The van der Waals surface area contributed by atoms with Gasteiger partial charge in [-0.2, -0.15) is 0 Å². The molecule has 1 N–H and O–H groups in total. The summed E-state index contributed by atoms with van der Waals surface area (Å²) in [6.45, 7) is 0. The Morgan fingerprint density at radius 1 is 1.22 bits per heavy atom. The van der Waals surface area contributed by atoms with Gasteiger partial charge in [-0.3, -0.25) is 9.78 Å². The molecule has 1 aromatic carbocycles. The number of nitrogens with zero attached hydrogens (tertiary/aromatic N) is 3. The second kappa shape index (κ2) is 4.48. The van der Waals surface area contributed by atoms with Gasteiger partial charge in [0.05, 0.1) is 0 Å². The fourth-order valence-electron chi connectivity index (χ4n) is 1.61. The molecule has 18 heavy (non-hydrogen) atoms. The summed E-state index contributed by atoms with van der Waals surface area (Å²) >= 11 is 2.23. The summed E-state index contributed by atoms with van der Waals surface area (Å²) in [5, 5.41) is 7.14. The molecule has 3 rings (SSSR count). The van der Waals surface area contributed by atoms with Gasteiger partial charge in [0.25, 0.3) is 5.56 Å². The maximum absolute atomic E-state index is 11.8. The van der Waals surface area contributed by atoms with E-state index in [9.17, 15) is 4.79 Å². The minimum atomic E-state index is -0.267. The molecule has 2 heterocycles. The first kappa shape index (κ1) is 11.3. The molecule has 90 valence electrons. The van der Waals surface area contributed by atoms with Crippen molar-refractivity contribution in [2.45, 2.75) is 6.42 Å². The van der Waals surface area contributed by atoms with Crippen molar-refractivity contribution in [1.82, 2.24) is 20.3 Å². The van der Waals surface area contributed by atoms with Crippen LogP contribution >= 0.6 is 22.6 Å². The van der Waals surface area contributed by atoms with Crippen molar-refractivity contribution < 1.29 is 4.63 Å². The standard InChI is InChI=1S/C11H7IN4O2/c12-7-3-1-6(2-4-7)5-8-11(17)14-10-9(13-8)15-18-16-10/h1-4H,5H2,(H,14,16,17). The van der Waals surface area contributed by atoms with E-state index in [1.54, 1.807) is 0 Å². The van der Waals surface area contributed by atoms with Crippen molar-refractivity contribution in [2.75, 3.05) is 0 Å². The zero-order valence-corrected chi connectivity index (χ0v) is 11.2. The van der Waals surface area contributed by atoms with Gasteiger partial charge in [0, 0.05) is 9.99 Å². The lowest BCUT2D eigenvalue weighted by Gasteiger charge is -2.00. The summed E-state index contributed by atoms with van der Waals surface area (Å²) < 4.78 is 5.65. The number of rotatable bonds is 2. The molecule has 0 bridgehead atoms. The largest absolute Gasteiger partial charge is 0.299 e. The van der Waals surface area contributed by atoms with Crippen LogP contribution < -0.4 is 5.56 Å². The highest BCUT2D eigenvalue weighted by molar-refractivity contribution is 14.1. The Morgan fingerprint density at radius 3 is 2.78 bits per heavy atom. The topological polar surface area (TPSA) is 84.7 Å². The van der Waals surface area contributed by atoms with Gasteiger partial charge in [0.1, 0.15) is 5.69 Å². The molecule has 0 aliphatic rings. The Kier molecular flexibility index (Phi) is 2.82. The van der Waals surface area contributed by atoms with E-state index >= 15 is 0 Å². The zero-order chi connectivity index (χ0) is 12.5. The molecule has 6 nitrogen and oxygen atoms in total. The van der Waals surface area contributed by atoms with Crippen LogP contribution in [0.25, 0.3) is 11.3 Å². The summed E-state index contributed by atoms with van der Waals surface area (Å²) in [6.07, 6.45) is 0.453. The van der Waals surface area contributed by atoms with Crippen molar-refractivity contribution in [3.05, 3.63) is 49.4 Å². The Bertz CT molecular complexity index is 748. The van der Waals surface area contributed by atoms with E-state index in [-0.39, 0.29) is 11.2 Å². The van der Waals surface area contributed by atoms with Gasteiger partial charge in [0.2, 0.25) is 11.3 Å². The first-order valence-corrected chi connectivity index (χ1v) is 6.26. The third-order valence-electron chi connectivity index (χ3n) is 2.49. The molecule has 0 aliphatic carbocycles. The van der Waals surface area contributed by atoms with Crippen LogP contribution in [0.3, 0.4) is 0 Å². The predicted molar refractivity (Wildman–Crippen MR) is 72.2 cm³/mol. The van der Waals surface area contributed by atoms with E-state index in [0.717, 1.165) is 9.13 Å². The van der Waals surface area contributed by atoms with Gasteiger partial charge in [-0.15, -0.1) is 0 Å². The van der Waals surface area contributed by atoms with Crippen LogP contribution in [-0.2, 0) is 6.42 Å². The maximum Gasteiger partial charge on any atom is 0.271 e. The molecule has 0 unspecified atom stereocenters. The Hall–Kier alpha value is -1.77. The van der Waals surface area contributed by atoms with Crippen LogP contribution in [-0.4, -0.2) is 20.3 Å². The molecular weight excluding hydrogens is 347 g/mol. The predicted octanol–water partition coefficient (Wildman–Crippen LogP) is 1.50. The van der Waals surface area contributed by atoms with Gasteiger partial charge < -0.3 is 0 Å². The third kappa shape index (κ3) is 2.13. The zero-order valence-electron chi connectivity index (χ0n) is 9.05. The maximum atomic E-state index is 11.8. The number of aromatic nitrogens is 4. The summed E-state index contributed by atoms with van der Waals surface area (Å²) in [5.41, 5.74) is 1.74. The fraction of sp³-hybridized carbons (Fsp3) is 0.0909. The van der Waals surface area contributed by atoms with Crippen LogP contribution in [0.15, 0.2) is 33.7 Å². The molecule has 0 saturated heterocycles. The molecule has 0 amide bonds. The van der Waals surface area contributed by atoms with Gasteiger partial charge in [-0.1, -0.05) is 12.1 Å². The normalized spacial score (nSPS) is 10.9. The van der Waals surface area contributed by atoms with Crippen molar-refractivity contribution >= 4 is 33.9 Å². The van der Waals surface area contributed by atoms with Crippen LogP contribution in [0.2, 0.25) is 0 Å². The number of nitrogens with one attached hydrogen (secondary N) is 1. The summed E-state index contributed by atoms with van der Waals surface area (Å²) in [7, 11) is 0. The Morgan fingerprint density at radius 2 is 2.00 bits per heavy atom. The molecular formula is C11H7IN4O2. The smallest absolute Gasteiger partial charge is 0.271 e. The lowest BCUT2D eigenvalue weighted by molar-refractivity contribution is 0.314. The molecule has 0 fully saturated rings. The van der Waals surface area contributed by atoms with Crippen molar-refractivity contribution in [2.24, 2.45) is 0 Å². The number of aromatic amines is 1. The third-order valence-corrected chi connectivity index (χ3v) is 3.21. The lowest BCUT2D eigenvalue weighted by Crippen LogP contribution is -2.15. The average Bonchev–Trinajstić information content (AvgIpc) is 2.79. The molecule has 0 saturated carbocycles. The van der Waals surface area contributed by atoms with Gasteiger partial charge in [-0.05, 0) is 50.6 Å². The van der Waals surface area contributed by atoms with Gasteiger partial charge >= 0.3 is 0 Å². The molecule has 0 atom stereocenters. The Labute approximate surface area is 115 Å². The highest BCUT2D eigenvalue weighted by Gasteiger charge is 2.09. The van der Waals surface area contributed by atoms with Crippen LogP contribution in [0.4, 0.5) is 0 Å². The molecule has 0 spiro atoms. The van der Waals surface area contributed by atoms with E-state index in [1.165, 1.54) is 0 Å². The van der Waals surface area contributed by atoms with Crippen molar-refractivity contribution in [3.63, 3.8) is 0 Å². The summed E-state index contributed by atoms with van der Waals surface area (Å²) in [5.74, 6) is 0. The second-order valence-electron chi connectivity index (χ2n) is 3.75. The SMILES string of the molecule is O=c1[nH]c2nonc2nc1Cc1ccc(I)cc1. The number of hydrogen-bond acceptors (Lipinski definition) is 5. The number of hydrogen-bond donors (Lipinski definition) is 1. The number of benzene rings is 1. The monoisotopic (exact) mass is 354 g/mol. The lowest BCUT2D eigenvalue weighted by atomic mass is 10.1. The second-order valence-corrected chi connectivity index (χ2v) is 5.00. The highest BCUT2D eigenvalue weighted by Crippen LogP contribution is 2.10. The molecule has 0 aliphatic heterocycles. The summed E-state index contributed by atoms with van der Waals surface area (Å²) in [6, 6.07) is 7.91. The van der Waals surface area contributed by atoms with E-state index in [4.69, 9.17) is 0 Å². The average molecular weight is 354 g/mol.